The highest BCUT2D eigenvalue weighted by Gasteiger charge is 2.31. The number of hydrogen-bond acceptors (Lipinski definition) is 9. The molecule has 0 saturated heterocycles. The van der Waals surface area contributed by atoms with Crippen molar-refractivity contribution in [2.24, 2.45) is 0 Å². The summed E-state index contributed by atoms with van der Waals surface area (Å²) >= 11 is 0. The Labute approximate surface area is 98.5 Å². The zero-order valence-electron chi connectivity index (χ0n) is 8.96. The van der Waals surface area contributed by atoms with Crippen molar-refractivity contribution in [3.8, 4) is 0 Å². The van der Waals surface area contributed by atoms with Gasteiger partial charge in [-0.25, -0.2) is 0 Å². The van der Waals surface area contributed by atoms with Crippen molar-refractivity contribution in [3.05, 3.63) is 0 Å². The minimum atomic E-state index is -1.72. The third kappa shape index (κ3) is 8.24. The SMILES string of the molecule is O=C[C@H](OBO)[C@@H](O)[C@H](O)[C@H](O)CO.OBO. The second-order valence-electron chi connectivity index (χ2n) is 2.77. The second kappa shape index (κ2) is 12.0. The van der Waals surface area contributed by atoms with Gasteiger partial charge in [-0.15, -0.1) is 0 Å². The third-order valence-corrected chi connectivity index (χ3v) is 1.67. The van der Waals surface area contributed by atoms with Crippen LogP contribution in [0.15, 0.2) is 0 Å². The smallest absolute Gasteiger partial charge is 0.430 e. The first-order valence-corrected chi connectivity index (χ1v) is 4.54. The van der Waals surface area contributed by atoms with Crippen LogP contribution in [0.2, 0.25) is 0 Å². The van der Waals surface area contributed by atoms with Crippen LogP contribution in [0, 0.1) is 0 Å². The molecular formula is C6H16B2O9. The molecule has 100 valence electrons. The molecule has 0 aliphatic heterocycles. The van der Waals surface area contributed by atoms with Gasteiger partial charge in [0.25, 0.3) is 0 Å². The summed E-state index contributed by atoms with van der Waals surface area (Å²) in [5, 5.41) is 58.3. The number of rotatable bonds is 7. The average Bonchev–Trinajstić information content (AvgIpc) is 2.34. The lowest BCUT2D eigenvalue weighted by atomic mass is 10.0. The van der Waals surface area contributed by atoms with Crippen molar-refractivity contribution >= 4 is 21.7 Å². The molecule has 0 bridgehead atoms. The van der Waals surface area contributed by atoms with Gasteiger partial charge in [0.1, 0.15) is 30.7 Å². The summed E-state index contributed by atoms with van der Waals surface area (Å²) in [6.07, 6.45) is -6.27. The van der Waals surface area contributed by atoms with E-state index in [-0.39, 0.29) is 6.29 Å². The molecule has 17 heavy (non-hydrogen) atoms. The van der Waals surface area contributed by atoms with Crippen LogP contribution in [0.4, 0.5) is 0 Å². The largest absolute Gasteiger partial charge is 0.435 e. The third-order valence-electron chi connectivity index (χ3n) is 1.67. The lowest BCUT2D eigenvalue weighted by Gasteiger charge is -2.25. The van der Waals surface area contributed by atoms with E-state index >= 15 is 0 Å². The lowest BCUT2D eigenvalue weighted by Crippen LogP contribution is -2.47. The molecular weight excluding hydrogens is 238 g/mol. The molecule has 7 N–H and O–H groups in total. The quantitative estimate of drug-likeness (QED) is 0.173. The fraction of sp³-hybridized carbons (Fsp3) is 0.833. The molecule has 0 heterocycles. The zero-order valence-corrected chi connectivity index (χ0v) is 8.96. The fourth-order valence-electron chi connectivity index (χ4n) is 0.834. The Morgan fingerprint density at radius 1 is 1.12 bits per heavy atom. The summed E-state index contributed by atoms with van der Waals surface area (Å²) in [6.45, 7) is -0.761. The Hall–Kier alpha value is -0.520. The van der Waals surface area contributed by atoms with Gasteiger partial charge in [0.15, 0.2) is 0 Å². The van der Waals surface area contributed by atoms with Crippen molar-refractivity contribution in [1.82, 2.24) is 0 Å². The number of hydrogen-bond donors (Lipinski definition) is 7. The summed E-state index contributed by atoms with van der Waals surface area (Å²) < 4.78 is 4.35. The lowest BCUT2D eigenvalue weighted by molar-refractivity contribution is -0.133. The van der Waals surface area contributed by atoms with Crippen molar-refractivity contribution in [1.29, 1.82) is 0 Å². The van der Waals surface area contributed by atoms with E-state index in [9.17, 15) is 9.90 Å². The van der Waals surface area contributed by atoms with Crippen LogP contribution in [0.1, 0.15) is 0 Å². The second-order valence-corrected chi connectivity index (χ2v) is 2.77. The number of carbonyl (C=O) groups is 1. The molecule has 0 spiro atoms. The van der Waals surface area contributed by atoms with Crippen LogP contribution in [0.3, 0.4) is 0 Å². The van der Waals surface area contributed by atoms with Crippen molar-refractivity contribution in [3.63, 3.8) is 0 Å². The van der Waals surface area contributed by atoms with Gasteiger partial charge in [0.05, 0.1) is 6.61 Å². The molecule has 0 aromatic rings. The highest BCUT2D eigenvalue weighted by Crippen LogP contribution is 2.05. The molecule has 0 radical (unpaired) electrons. The molecule has 0 aromatic carbocycles. The van der Waals surface area contributed by atoms with Crippen LogP contribution in [-0.2, 0) is 9.45 Å². The van der Waals surface area contributed by atoms with Gasteiger partial charge in [-0.1, -0.05) is 0 Å². The Bertz CT molecular complexity index is 183. The summed E-state index contributed by atoms with van der Waals surface area (Å²) in [4.78, 5) is 10.3. The molecule has 4 atom stereocenters. The van der Waals surface area contributed by atoms with Gasteiger partial charge in [0, 0.05) is 0 Å². The van der Waals surface area contributed by atoms with E-state index in [4.69, 9.17) is 30.4 Å². The maximum Gasteiger partial charge on any atom is 0.435 e. The first-order chi connectivity index (χ1) is 7.99. The normalized spacial score (nSPS) is 16.9. The molecule has 11 heteroatoms. The van der Waals surface area contributed by atoms with Gasteiger partial charge in [0.2, 0.25) is 0 Å². The molecule has 0 saturated carbocycles. The van der Waals surface area contributed by atoms with Crippen LogP contribution in [0.25, 0.3) is 0 Å². The van der Waals surface area contributed by atoms with Gasteiger partial charge >= 0.3 is 15.4 Å². The van der Waals surface area contributed by atoms with E-state index in [2.05, 4.69) is 4.65 Å². The number of carbonyl (C=O) groups excluding carboxylic acids is 1. The van der Waals surface area contributed by atoms with E-state index in [1.54, 1.807) is 0 Å². The van der Waals surface area contributed by atoms with Crippen LogP contribution >= 0.6 is 0 Å². The maximum absolute atomic E-state index is 10.3. The molecule has 0 aliphatic carbocycles. The molecule has 0 rings (SSSR count). The topological polar surface area (TPSA) is 168 Å². The number of aliphatic hydroxyl groups is 4. The Balaban J connectivity index is 0. The molecule has 0 amide bonds. The summed E-state index contributed by atoms with van der Waals surface area (Å²) in [5.74, 6) is 0. The Morgan fingerprint density at radius 2 is 1.59 bits per heavy atom. The predicted molar refractivity (Wildman–Crippen MR) is 57.0 cm³/mol. The van der Waals surface area contributed by atoms with Crippen LogP contribution < -0.4 is 0 Å². The Kier molecular flexibility index (Phi) is 13.2. The highest BCUT2D eigenvalue weighted by molar-refractivity contribution is 6.16. The monoisotopic (exact) mass is 254 g/mol. The number of aliphatic hydroxyl groups excluding tert-OH is 4. The van der Waals surface area contributed by atoms with E-state index in [1.807, 2.05) is 0 Å². The summed E-state index contributed by atoms with van der Waals surface area (Å²) in [6, 6.07) is 0. The minimum absolute atomic E-state index is 0.175. The predicted octanol–water partition coefficient (Wildman–Crippen LogP) is -5.86. The van der Waals surface area contributed by atoms with Crippen LogP contribution in [0.5, 0.6) is 0 Å². The average molecular weight is 254 g/mol. The van der Waals surface area contributed by atoms with E-state index < -0.39 is 46.4 Å². The van der Waals surface area contributed by atoms with Crippen molar-refractivity contribution in [2.45, 2.75) is 24.4 Å². The maximum atomic E-state index is 10.3. The minimum Gasteiger partial charge on any atom is -0.430 e. The number of aldehydes is 1. The first-order valence-electron chi connectivity index (χ1n) is 4.54. The standard InChI is InChI=1S/C6H13BO7.BH3O2/c8-1-3(10)5(11)6(12)4(2-9)14-7-13;2-1-3/h2-8,10-13H,1H2;1-3H/t3-,4+,5-,6-;/m1./s1. The summed E-state index contributed by atoms with van der Waals surface area (Å²) in [5.41, 5.74) is 0. The van der Waals surface area contributed by atoms with E-state index in [0.29, 0.717) is 0 Å². The first kappa shape index (κ1) is 18.8. The van der Waals surface area contributed by atoms with Crippen LogP contribution in [-0.4, -0.2) is 88.2 Å². The molecule has 0 unspecified atom stereocenters. The molecule has 0 fully saturated rings. The van der Waals surface area contributed by atoms with Crippen molar-refractivity contribution < 1.29 is 44.9 Å². The van der Waals surface area contributed by atoms with E-state index in [1.165, 1.54) is 0 Å². The molecule has 9 nitrogen and oxygen atoms in total. The van der Waals surface area contributed by atoms with Gasteiger partial charge < -0.3 is 44.9 Å². The summed E-state index contributed by atoms with van der Waals surface area (Å²) in [7, 11) is -1.55. The van der Waals surface area contributed by atoms with E-state index in [0.717, 1.165) is 0 Å². The molecule has 0 aliphatic rings. The van der Waals surface area contributed by atoms with Gasteiger partial charge in [-0.05, 0) is 0 Å². The van der Waals surface area contributed by atoms with Gasteiger partial charge in [-0.3, -0.25) is 0 Å². The zero-order chi connectivity index (χ0) is 13.8. The molecule has 0 aromatic heterocycles. The fourth-order valence-corrected chi connectivity index (χ4v) is 0.834. The van der Waals surface area contributed by atoms with Crippen molar-refractivity contribution in [2.75, 3.05) is 6.61 Å². The Morgan fingerprint density at radius 3 is 1.88 bits per heavy atom. The van der Waals surface area contributed by atoms with Gasteiger partial charge in [-0.2, -0.15) is 0 Å². The highest BCUT2D eigenvalue weighted by atomic mass is 16.5.